The van der Waals surface area contributed by atoms with Crippen molar-refractivity contribution in [1.82, 2.24) is 19.6 Å². The summed E-state index contributed by atoms with van der Waals surface area (Å²) in [6.07, 6.45) is 4.04. The van der Waals surface area contributed by atoms with Gasteiger partial charge in [0.1, 0.15) is 0 Å². The van der Waals surface area contributed by atoms with Gasteiger partial charge in [-0.05, 0) is 82.5 Å². The van der Waals surface area contributed by atoms with Crippen molar-refractivity contribution >= 4 is 16.9 Å². The molecule has 7 nitrogen and oxygen atoms in total. The number of nitrogens with zero attached hydrogens (tertiary/aromatic N) is 4. The molecule has 0 spiro atoms. The molecule has 1 aliphatic heterocycles. The van der Waals surface area contributed by atoms with Gasteiger partial charge in [0.2, 0.25) is 5.82 Å². The Labute approximate surface area is 212 Å². The molecule has 0 saturated carbocycles. The number of fused-ring (bicyclic) bond motifs is 1. The first-order valence-corrected chi connectivity index (χ1v) is 12.9. The van der Waals surface area contributed by atoms with Crippen LogP contribution in [0.4, 0.5) is 0 Å². The van der Waals surface area contributed by atoms with Gasteiger partial charge in [-0.25, -0.2) is 0 Å². The maximum Gasteiger partial charge on any atom is 0.310 e. The Morgan fingerprint density at radius 2 is 2.06 bits per heavy atom. The summed E-state index contributed by atoms with van der Waals surface area (Å²) in [6.45, 7) is 11.3. The number of piperidine rings is 1. The second kappa shape index (κ2) is 10.3. The highest BCUT2D eigenvalue weighted by Gasteiger charge is 2.27. The highest BCUT2D eigenvalue weighted by molar-refractivity contribution is 5.84. The highest BCUT2D eigenvalue weighted by atomic mass is 16.5. The summed E-state index contributed by atoms with van der Waals surface area (Å²) in [7, 11) is 0. The zero-order valence-corrected chi connectivity index (χ0v) is 21.5. The van der Waals surface area contributed by atoms with E-state index < -0.39 is 0 Å². The highest BCUT2D eigenvalue weighted by Crippen LogP contribution is 2.29. The summed E-state index contributed by atoms with van der Waals surface area (Å²) in [5.74, 6) is 1.01. The van der Waals surface area contributed by atoms with E-state index in [1.165, 1.54) is 11.1 Å². The van der Waals surface area contributed by atoms with Crippen LogP contribution in [0.5, 0.6) is 0 Å². The van der Waals surface area contributed by atoms with Crippen LogP contribution in [0.1, 0.15) is 50.8 Å². The van der Waals surface area contributed by atoms with Gasteiger partial charge in [-0.2, -0.15) is 4.98 Å². The Morgan fingerprint density at radius 1 is 1.19 bits per heavy atom. The summed E-state index contributed by atoms with van der Waals surface area (Å²) in [6, 6.07) is 15.1. The van der Waals surface area contributed by atoms with Crippen molar-refractivity contribution in [2.24, 2.45) is 5.92 Å². The third kappa shape index (κ3) is 4.93. The second-order valence-corrected chi connectivity index (χ2v) is 9.99. The molecular weight excluding hydrogens is 452 g/mol. The van der Waals surface area contributed by atoms with Crippen molar-refractivity contribution in [2.45, 2.75) is 53.1 Å². The molecular formula is C29H34N4O3. The van der Waals surface area contributed by atoms with E-state index >= 15 is 0 Å². The Bertz CT molecular complexity index is 1370. The van der Waals surface area contributed by atoms with E-state index in [0.717, 1.165) is 54.6 Å². The van der Waals surface area contributed by atoms with Gasteiger partial charge in [0.15, 0.2) is 0 Å². The van der Waals surface area contributed by atoms with Crippen LogP contribution in [0.2, 0.25) is 0 Å². The number of ether oxygens (including phenoxy) is 1. The monoisotopic (exact) mass is 486 g/mol. The lowest BCUT2D eigenvalue weighted by Crippen LogP contribution is -2.38. The lowest BCUT2D eigenvalue weighted by Gasteiger charge is -2.31. The fourth-order valence-corrected chi connectivity index (χ4v) is 5.18. The first kappa shape index (κ1) is 24.3. The van der Waals surface area contributed by atoms with Gasteiger partial charge >= 0.3 is 5.97 Å². The van der Waals surface area contributed by atoms with E-state index in [9.17, 15) is 4.79 Å². The van der Waals surface area contributed by atoms with Gasteiger partial charge in [0.05, 0.1) is 12.5 Å². The predicted molar refractivity (Wildman–Crippen MR) is 140 cm³/mol. The van der Waals surface area contributed by atoms with Crippen molar-refractivity contribution in [3.63, 3.8) is 0 Å². The number of esters is 1. The van der Waals surface area contributed by atoms with Crippen LogP contribution in [0.3, 0.4) is 0 Å². The molecule has 1 saturated heterocycles. The van der Waals surface area contributed by atoms with Crippen LogP contribution in [0.15, 0.2) is 53.2 Å². The number of rotatable bonds is 7. The Kier molecular flexibility index (Phi) is 6.92. The average Bonchev–Trinajstić information content (AvgIpc) is 3.52. The molecule has 0 aliphatic carbocycles. The van der Waals surface area contributed by atoms with Crippen molar-refractivity contribution in [2.75, 3.05) is 19.7 Å². The lowest BCUT2D eigenvalue weighted by atomic mass is 9.97. The molecule has 1 atom stereocenters. The molecule has 0 unspecified atom stereocenters. The van der Waals surface area contributed by atoms with E-state index in [1.807, 2.05) is 13.0 Å². The number of hydrogen-bond acceptors (Lipinski definition) is 6. The number of hydrogen-bond donors (Lipinski definition) is 0. The summed E-state index contributed by atoms with van der Waals surface area (Å²) in [5.41, 5.74) is 5.39. The Balaban J connectivity index is 1.30. The first-order chi connectivity index (χ1) is 17.4. The zero-order chi connectivity index (χ0) is 25.2. The molecule has 4 aromatic rings. The number of likely N-dealkylation sites (tertiary alicyclic amines) is 1. The SMILES string of the molecule is CCOC(=O)[C@H]1CCCN(Cc2ccc(-c3noc(-c4ccc5c(ccn5C(C)C)c4)n3)c(C)c2)C1. The van der Waals surface area contributed by atoms with Crippen LogP contribution in [0, 0.1) is 12.8 Å². The molecule has 2 aromatic heterocycles. The minimum absolute atomic E-state index is 0.0278. The molecule has 0 bridgehead atoms. The van der Waals surface area contributed by atoms with Crippen molar-refractivity contribution in [3.8, 4) is 22.8 Å². The number of aryl methyl sites for hydroxylation is 1. The molecule has 1 fully saturated rings. The van der Waals surface area contributed by atoms with E-state index in [0.29, 0.717) is 24.4 Å². The summed E-state index contributed by atoms with van der Waals surface area (Å²) in [4.78, 5) is 19.2. The molecule has 2 aromatic carbocycles. The Hall–Kier alpha value is -3.45. The maximum absolute atomic E-state index is 12.2. The number of carbonyl (C=O) groups excluding carboxylic acids is 1. The van der Waals surface area contributed by atoms with Crippen LogP contribution in [-0.2, 0) is 16.1 Å². The number of aromatic nitrogens is 3. The van der Waals surface area contributed by atoms with E-state index in [2.05, 4.69) is 78.0 Å². The van der Waals surface area contributed by atoms with Gasteiger partial charge in [-0.15, -0.1) is 0 Å². The average molecular weight is 487 g/mol. The molecule has 3 heterocycles. The molecule has 5 rings (SSSR count). The zero-order valence-electron chi connectivity index (χ0n) is 21.5. The van der Waals surface area contributed by atoms with Gasteiger partial charge in [0.25, 0.3) is 5.89 Å². The van der Waals surface area contributed by atoms with Crippen LogP contribution in [0.25, 0.3) is 33.7 Å². The smallest absolute Gasteiger partial charge is 0.310 e. The lowest BCUT2D eigenvalue weighted by molar-refractivity contribution is -0.150. The minimum Gasteiger partial charge on any atom is -0.466 e. The van der Waals surface area contributed by atoms with Gasteiger partial charge < -0.3 is 13.8 Å². The normalized spacial score (nSPS) is 16.6. The van der Waals surface area contributed by atoms with Crippen LogP contribution < -0.4 is 0 Å². The standard InChI is InChI=1S/C29H34N4O3/c1-5-35-29(34)24-7-6-13-32(18-24)17-21-8-10-25(20(4)15-21)27-30-28(36-31-27)23-9-11-26-22(16-23)12-14-33(26)19(2)3/h8-12,14-16,19,24H,5-7,13,17-18H2,1-4H3/t24-/m0/s1. The molecule has 188 valence electrons. The quantitative estimate of drug-likeness (QED) is 0.297. The van der Waals surface area contributed by atoms with Gasteiger partial charge in [0, 0.05) is 47.4 Å². The van der Waals surface area contributed by atoms with E-state index in [1.54, 1.807) is 0 Å². The van der Waals surface area contributed by atoms with E-state index in [-0.39, 0.29) is 11.9 Å². The van der Waals surface area contributed by atoms with Crippen LogP contribution in [-0.4, -0.2) is 45.3 Å². The Morgan fingerprint density at radius 3 is 2.83 bits per heavy atom. The molecule has 1 aliphatic rings. The van der Waals surface area contributed by atoms with Crippen molar-refractivity contribution in [1.29, 1.82) is 0 Å². The number of benzene rings is 2. The third-order valence-electron chi connectivity index (χ3n) is 7.01. The molecule has 0 N–H and O–H groups in total. The molecule has 0 radical (unpaired) electrons. The van der Waals surface area contributed by atoms with Gasteiger partial charge in [-0.3, -0.25) is 9.69 Å². The molecule has 36 heavy (non-hydrogen) atoms. The summed E-state index contributed by atoms with van der Waals surface area (Å²) < 4.78 is 13.1. The van der Waals surface area contributed by atoms with Crippen LogP contribution >= 0.6 is 0 Å². The van der Waals surface area contributed by atoms with Crippen molar-refractivity contribution in [3.05, 3.63) is 59.8 Å². The predicted octanol–water partition coefficient (Wildman–Crippen LogP) is 6.02. The fourth-order valence-electron chi connectivity index (χ4n) is 5.18. The molecule has 0 amide bonds. The second-order valence-electron chi connectivity index (χ2n) is 9.99. The topological polar surface area (TPSA) is 73.4 Å². The summed E-state index contributed by atoms with van der Waals surface area (Å²) in [5, 5.41) is 5.43. The minimum atomic E-state index is -0.0710. The summed E-state index contributed by atoms with van der Waals surface area (Å²) >= 11 is 0. The maximum atomic E-state index is 12.2. The largest absolute Gasteiger partial charge is 0.466 e. The first-order valence-electron chi connectivity index (χ1n) is 12.9. The van der Waals surface area contributed by atoms with E-state index in [4.69, 9.17) is 14.2 Å². The number of carbonyl (C=O) groups is 1. The van der Waals surface area contributed by atoms with Crippen molar-refractivity contribution < 1.29 is 14.1 Å². The molecule has 7 heteroatoms. The van der Waals surface area contributed by atoms with Gasteiger partial charge in [-0.1, -0.05) is 23.4 Å². The third-order valence-corrected chi connectivity index (χ3v) is 7.01. The fraction of sp³-hybridized carbons (Fsp3) is 0.414.